The zero-order chi connectivity index (χ0) is 34.8. The van der Waals surface area contributed by atoms with E-state index in [1.807, 2.05) is 11.3 Å². The third-order valence-electron chi connectivity index (χ3n) is 10.8. The van der Waals surface area contributed by atoms with E-state index in [-0.39, 0.29) is 5.41 Å². The van der Waals surface area contributed by atoms with Crippen LogP contribution in [-0.2, 0) is 5.41 Å². The fourth-order valence-corrected chi connectivity index (χ4v) is 9.40. The zero-order valence-electron chi connectivity index (χ0n) is 29.1. The fraction of sp³-hybridized carbons (Fsp3) is 0.0612. The summed E-state index contributed by atoms with van der Waals surface area (Å²) in [6, 6.07) is 66.4. The van der Waals surface area contributed by atoms with Gasteiger partial charge in [-0.3, -0.25) is 0 Å². The summed E-state index contributed by atoms with van der Waals surface area (Å²) in [4.78, 5) is 3.67. The summed E-state index contributed by atoms with van der Waals surface area (Å²) in [6.07, 6.45) is 0. The summed E-state index contributed by atoms with van der Waals surface area (Å²) in [5, 5.41) is 1.29. The van der Waals surface area contributed by atoms with Crippen molar-refractivity contribution in [3.63, 3.8) is 0 Å². The summed E-state index contributed by atoms with van der Waals surface area (Å²) in [6.45, 7) is 4.70. The number of hydrogen-bond acceptors (Lipinski definition) is 2. The third kappa shape index (κ3) is 4.85. The summed E-state index contributed by atoms with van der Waals surface area (Å²) < 4.78 is 3.72. The highest BCUT2D eigenvalue weighted by atomic mass is 32.1. The second-order valence-electron chi connectivity index (χ2n) is 14.2. The van der Waals surface area contributed by atoms with Crippen LogP contribution < -0.4 is 4.90 Å². The van der Waals surface area contributed by atoms with Crippen LogP contribution in [-0.4, -0.2) is 4.57 Å². The van der Waals surface area contributed by atoms with E-state index in [4.69, 9.17) is 0 Å². The molecule has 0 fully saturated rings. The lowest BCUT2D eigenvalue weighted by Gasteiger charge is -2.28. The van der Waals surface area contributed by atoms with Gasteiger partial charge in [-0.05, 0) is 99.6 Å². The van der Waals surface area contributed by atoms with Crippen molar-refractivity contribution in [3.8, 4) is 38.4 Å². The second kappa shape index (κ2) is 12.0. The van der Waals surface area contributed by atoms with E-state index < -0.39 is 0 Å². The van der Waals surface area contributed by atoms with E-state index in [0.717, 1.165) is 17.1 Å². The Morgan fingerprint density at radius 2 is 1.04 bits per heavy atom. The number of aromatic nitrogens is 1. The van der Waals surface area contributed by atoms with Gasteiger partial charge in [-0.15, -0.1) is 11.3 Å². The van der Waals surface area contributed by atoms with Gasteiger partial charge in [0.05, 0.1) is 15.7 Å². The Morgan fingerprint density at radius 3 is 1.79 bits per heavy atom. The van der Waals surface area contributed by atoms with Crippen molar-refractivity contribution in [2.24, 2.45) is 0 Å². The highest BCUT2D eigenvalue weighted by Gasteiger charge is 2.35. The summed E-state index contributed by atoms with van der Waals surface area (Å²) >= 11 is 1.87. The monoisotopic (exact) mass is 684 g/mol. The van der Waals surface area contributed by atoms with E-state index in [1.165, 1.54) is 70.6 Å². The molecule has 248 valence electrons. The smallest absolute Gasteiger partial charge is 0.0655 e. The number of fused-ring (bicyclic) bond motifs is 6. The molecule has 0 spiro atoms. The van der Waals surface area contributed by atoms with Gasteiger partial charge in [0.1, 0.15) is 0 Å². The van der Waals surface area contributed by atoms with Crippen LogP contribution in [0.1, 0.15) is 25.0 Å². The molecule has 0 unspecified atom stereocenters. The lowest BCUT2D eigenvalue weighted by atomic mass is 9.82. The van der Waals surface area contributed by atoms with Crippen LogP contribution in [0.25, 0.3) is 59.5 Å². The van der Waals surface area contributed by atoms with Gasteiger partial charge in [-0.1, -0.05) is 135 Å². The number of para-hydroxylation sites is 2. The molecule has 1 aliphatic carbocycles. The molecule has 3 heteroatoms. The molecule has 2 heterocycles. The highest BCUT2D eigenvalue weighted by Crippen LogP contribution is 2.51. The minimum atomic E-state index is -0.0829. The molecule has 0 amide bonds. The number of benzene rings is 7. The summed E-state index contributed by atoms with van der Waals surface area (Å²) in [7, 11) is 0. The third-order valence-corrected chi connectivity index (χ3v) is 12.0. The molecule has 0 radical (unpaired) electrons. The first kappa shape index (κ1) is 30.6. The van der Waals surface area contributed by atoms with Gasteiger partial charge in [-0.2, -0.15) is 0 Å². The molecule has 0 N–H and O–H groups in total. The number of thiophene rings is 1. The van der Waals surface area contributed by atoms with Crippen molar-refractivity contribution < 1.29 is 0 Å². The minimum Gasteiger partial charge on any atom is -0.310 e. The van der Waals surface area contributed by atoms with Gasteiger partial charge in [0.25, 0.3) is 0 Å². The molecular weight excluding hydrogens is 649 g/mol. The molecule has 0 saturated carbocycles. The zero-order valence-corrected chi connectivity index (χ0v) is 29.9. The van der Waals surface area contributed by atoms with Gasteiger partial charge in [-0.25, -0.2) is 0 Å². The van der Waals surface area contributed by atoms with Gasteiger partial charge in [0, 0.05) is 38.4 Å². The first-order valence-corrected chi connectivity index (χ1v) is 18.8. The molecule has 0 aliphatic heterocycles. The molecule has 10 rings (SSSR count). The molecule has 1 aliphatic rings. The van der Waals surface area contributed by atoms with Crippen LogP contribution in [0.2, 0.25) is 0 Å². The Balaban J connectivity index is 1.08. The molecule has 52 heavy (non-hydrogen) atoms. The van der Waals surface area contributed by atoms with E-state index in [0.29, 0.717) is 0 Å². The molecule has 0 bridgehead atoms. The molecule has 2 nitrogen and oxygen atoms in total. The van der Waals surface area contributed by atoms with E-state index >= 15 is 0 Å². The molecule has 2 aromatic heterocycles. The summed E-state index contributed by atoms with van der Waals surface area (Å²) in [5.41, 5.74) is 16.1. The van der Waals surface area contributed by atoms with Gasteiger partial charge < -0.3 is 9.47 Å². The maximum Gasteiger partial charge on any atom is 0.0655 e. The van der Waals surface area contributed by atoms with E-state index in [1.54, 1.807) is 0 Å². The van der Waals surface area contributed by atoms with Gasteiger partial charge >= 0.3 is 0 Å². The number of hydrogen-bond donors (Lipinski definition) is 0. The quantitative estimate of drug-likeness (QED) is 0.169. The van der Waals surface area contributed by atoms with Crippen molar-refractivity contribution in [1.29, 1.82) is 0 Å². The molecular formula is C49H36N2S. The predicted octanol–water partition coefficient (Wildman–Crippen LogP) is 14.0. The lowest BCUT2D eigenvalue weighted by Crippen LogP contribution is -2.16. The van der Waals surface area contributed by atoms with Gasteiger partial charge in [0.2, 0.25) is 0 Å². The van der Waals surface area contributed by atoms with Crippen LogP contribution in [0.5, 0.6) is 0 Å². The van der Waals surface area contributed by atoms with Crippen molar-refractivity contribution in [2.45, 2.75) is 19.3 Å². The largest absolute Gasteiger partial charge is 0.310 e. The number of rotatable bonds is 6. The lowest BCUT2D eigenvalue weighted by molar-refractivity contribution is 0.660. The maximum absolute atomic E-state index is 2.41. The number of nitrogens with zero attached hydrogens (tertiary/aromatic N) is 2. The van der Waals surface area contributed by atoms with Gasteiger partial charge in [0.15, 0.2) is 0 Å². The first-order valence-electron chi connectivity index (χ1n) is 17.9. The van der Waals surface area contributed by atoms with Crippen molar-refractivity contribution in [1.82, 2.24) is 4.57 Å². The van der Waals surface area contributed by atoms with Crippen LogP contribution in [0.4, 0.5) is 17.1 Å². The molecule has 9 aromatic rings. The number of anilines is 3. The SMILES string of the molecule is CC1(C)c2ccccc2-c2ccc(N(c3ccc(-c4ccccc4)cc3)c3ccc(-c4cc5c(s4)c4ccccc4n5-c4ccccc4)cc3)cc21. The second-order valence-corrected chi connectivity index (χ2v) is 15.3. The van der Waals surface area contributed by atoms with Crippen molar-refractivity contribution >= 4 is 49.5 Å². The molecule has 7 aromatic carbocycles. The van der Waals surface area contributed by atoms with Crippen molar-refractivity contribution in [2.75, 3.05) is 4.90 Å². The normalized spacial score (nSPS) is 13.0. The molecule has 0 atom stereocenters. The fourth-order valence-electron chi connectivity index (χ4n) is 8.22. The Morgan fingerprint density at radius 1 is 0.462 bits per heavy atom. The molecule has 0 saturated heterocycles. The first-order chi connectivity index (χ1) is 25.5. The minimum absolute atomic E-state index is 0.0829. The average molecular weight is 685 g/mol. The van der Waals surface area contributed by atoms with Crippen LogP contribution in [0.3, 0.4) is 0 Å². The standard InChI is InChI=1S/C49H36N2S/c1-49(2)43-19-11-9-17-40(43)41-30-29-39(31-44(41)49)50(37-25-21-34(22-26-37)33-13-5-3-6-14-33)38-27-23-35(24-28-38)47-32-46-48(52-47)42-18-10-12-20-45(42)51(46)36-15-7-4-8-16-36/h3-32H,1-2H3. The summed E-state index contributed by atoms with van der Waals surface area (Å²) in [5.74, 6) is 0. The van der Waals surface area contributed by atoms with E-state index in [2.05, 4.69) is 205 Å². The predicted molar refractivity (Wildman–Crippen MR) is 222 cm³/mol. The Labute approximate surface area is 308 Å². The Hall–Kier alpha value is -6.16. The highest BCUT2D eigenvalue weighted by molar-refractivity contribution is 7.23. The van der Waals surface area contributed by atoms with Crippen molar-refractivity contribution in [3.05, 3.63) is 193 Å². The Bertz CT molecular complexity index is 2730. The average Bonchev–Trinajstić information content (AvgIpc) is 3.83. The van der Waals surface area contributed by atoms with Crippen LogP contribution in [0.15, 0.2) is 182 Å². The van der Waals surface area contributed by atoms with E-state index in [9.17, 15) is 0 Å². The maximum atomic E-state index is 2.41. The topological polar surface area (TPSA) is 8.17 Å². The van der Waals surface area contributed by atoms with Crippen LogP contribution in [0, 0.1) is 0 Å². The Kier molecular flexibility index (Phi) is 7.06. The van der Waals surface area contributed by atoms with Crippen LogP contribution >= 0.6 is 11.3 Å².